The normalized spacial score (nSPS) is 11.6. The fourth-order valence-electron chi connectivity index (χ4n) is 0.839. The van der Waals surface area contributed by atoms with Crippen LogP contribution in [0.2, 0.25) is 0 Å². The zero-order valence-electron chi connectivity index (χ0n) is 10.6. The summed E-state index contributed by atoms with van der Waals surface area (Å²) in [6, 6.07) is 0. The molecule has 0 spiro atoms. The van der Waals surface area contributed by atoms with Gasteiger partial charge in [-0.1, -0.05) is 17.8 Å². The highest BCUT2D eigenvalue weighted by Crippen LogP contribution is 1.99. The predicted octanol–water partition coefficient (Wildman–Crippen LogP) is 2.83. The monoisotopic (exact) mass is 208 g/mol. The van der Waals surface area contributed by atoms with Crippen molar-refractivity contribution in [2.45, 2.75) is 53.8 Å². The maximum Gasteiger partial charge on any atom is 0.550 e. The number of hydrogen-bond donors (Lipinski definition) is 0. The van der Waals surface area contributed by atoms with Crippen LogP contribution in [-0.2, 0) is 9.31 Å². The molecule has 0 bridgehead atoms. The molecule has 3 heteroatoms. The van der Waals surface area contributed by atoms with Crippen molar-refractivity contribution in [3.63, 3.8) is 0 Å². The van der Waals surface area contributed by atoms with E-state index in [-0.39, 0.29) is 12.2 Å². The Morgan fingerprint density at radius 1 is 1.13 bits per heavy atom. The quantitative estimate of drug-likeness (QED) is 0.522. The molecule has 2 nitrogen and oxygen atoms in total. The Bertz CT molecular complexity index is 249. The van der Waals surface area contributed by atoms with E-state index in [1.54, 1.807) is 0 Å². The van der Waals surface area contributed by atoms with Gasteiger partial charge in [0.2, 0.25) is 0 Å². The molecule has 0 radical (unpaired) electrons. The topological polar surface area (TPSA) is 18.5 Å². The van der Waals surface area contributed by atoms with Gasteiger partial charge in [0.25, 0.3) is 0 Å². The Hall–Kier alpha value is -0.715. The Kier molecular flexibility index (Phi) is 7.20. The van der Waals surface area contributed by atoms with Gasteiger partial charge in [-0.05, 0) is 47.1 Å². The Morgan fingerprint density at radius 2 is 1.60 bits per heavy atom. The summed E-state index contributed by atoms with van der Waals surface area (Å²) < 4.78 is 11.1. The zero-order chi connectivity index (χ0) is 11.8. The fourth-order valence-corrected chi connectivity index (χ4v) is 0.839. The minimum atomic E-state index is -0.431. The van der Waals surface area contributed by atoms with Crippen LogP contribution >= 0.6 is 0 Å². The summed E-state index contributed by atoms with van der Waals surface area (Å²) in [5, 5.41) is 0. The van der Waals surface area contributed by atoms with Gasteiger partial charge >= 0.3 is 7.12 Å². The highest BCUT2D eigenvalue weighted by Gasteiger charge is 2.18. The van der Waals surface area contributed by atoms with Gasteiger partial charge in [0.05, 0.1) is 0 Å². The molecule has 0 rings (SSSR count). The molecular formula is C12H21BO2. The van der Waals surface area contributed by atoms with E-state index in [2.05, 4.69) is 11.7 Å². The second-order valence-electron chi connectivity index (χ2n) is 3.94. The van der Waals surface area contributed by atoms with Gasteiger partial charge in [-0.15, -0.1) is 0 Å². The molecule has 0 unspecified atom stereocenters. The van der Waals surface area contributed by atoms with E-state index in [1.165, 1.54) is 0 Å². The number of allylic oxidation sites excluding steroid dienone is 2. The van der Waals surface area contributed by atoms with Gasteiger partial charge in [0.1, 0.15) is 0 Å². The zero-order valence-corrected chi connectivity index (χ0v) is 10.6. The molecule has 0 aliphatic carbocycles. The van der Waals surface area contributed by atoms with E-state index in [4.69, 9.17) is 9.31 Å². The van der Waals surface area contributed by atoms with Gasteiger partial charge in [0, 0.05) is 12.2 Å². The van der Waals surface area contributed by atoms with Crippen molar-refractivity contribution in [2.75, 3.05) is 0 Å². The Morgan fingerprint density at radius 3 is 1.93 bits per heavy atom. The maximum atomic E-state index is 5.53. The van der Waals surface area contributed by atoms with Gasteiger partial charge in [0.15, 0.2) is 0 Å². The molecule has 0 aliphatic heterocycles. The van der Waals surface area contributed by atoms with Crippen LogP contribution in [0, 0.1) is 11.7 Å². The maximum absolute atomic E-state index is 5.53. The first-order valence-corrected chi connectivity index (χ1v) is 5.41. The lowest BCUT2D eigenvalue weighted by Gasteiger charge is -2.14. The van der Waals surface area contributed by atoms with Crippen LogP contribution in [0.1, 0.15) is 41.5 Å². The minimum absolute atomic E-state index is 0.119. The van der Waals surface area contributed by atoms with Gasteiger partial charge in [-0.3, -0.25) is 0 Å². The van der Waals surface area contributed by atoms with Crippen molar-refractivity contribution in [3.05, 3.63) is 11.6 Å². The standard InChI is InChI=1S/C12H21BO2/c1-7-12(6)8-9-13(14-10(2)3)15-11(4)5/h7,10-11H,1-6H3/b12-7+. The second kappa shape index (κ2) is 7.56. The molecule has 0 aromatic rings. The highest BCUT2D eigenvalue weighted by molar-refractivity contribution is 6.54. The first kappa shape index (κ1) is 14.3. The van der Waals surface area contributed by atoms with Crippen LogP contribution in [0.3, 0.4) is 0 Å². The molecule has 0 aromatic carbocycles. The van der Waals surface area contributed by atoms with Crippen molar-refractivity contribution in [3.8, 4) is 11.7 Å². The van der Waals surface area contributed by atoms with Crippen molar-refractivity contribution in [1.29, 1.82) is 0 Å². The third kappa shape index (κ3) is 8.29. The summed E-state index contributed by atoms with van der Waals surface area (Å²) in [5.41, 5.74) is 1.03. The smallest absolute Gasteiger partial charge is 0.398 e. The number of rotatable bonds is 4. The van der Waals surface area contributed by atoms with Gasteiger partial charge in [-0.2, -0.15) is 0 Å². The molecule has 0 aliphatic rings. The summed E-state index contributed by atoms with van der Waals surface area (Å²) in [7, 11) is -0.431. The number of hydrogen-bond acceptors (Lipinski definition) is 2. The summed E-state index contributed by atoms with van der Waals surface area (Å²) in [5.74, 6) is 5.97. The van der Waals surface area contributed by atoms with Crippen LogP contribution in [0.25, 0.3) is 0 Å². The van der Waals surface area contributed by atoms with E-state index in [9.17, 15) is 0 Å². The van der Waals surface area contributed by atoms with Crippen LogP contribution in [-0.4, -0.2) is 19.3 Å². The molecule has 0 saturated carbocycles. The lowest BCUT2D eigenvalue weighted by Crippen LogP contribution is -2.28. The molecule has 15 heavy (non-hydrogen) atoms. The lowest BCUT2D eigenvalue weighted by molar-refractivity contribution is 0.140. The van der Waals surface area contributed by atoms with Crippen molar-refractivity contribution < 1.29 is 9.31 Å². The molecule has 0 aromatic heterocycles. The third-order valence-electron chi connectivity index (χ3n) is 1.61. The van der Waals surface area contributed by atoms with Gasteiger partial charge in [-0.25, -0.2) is 0 Å². The summed E-state index contributed by atoms with van der Waals surface area (Å²) in [4.78, 5) is 0. The molecule has 0 atom stereocenters. The average Bonchev–Trinajstić information content (AvgIpc) is 2.11. The van der Waals surface area contributed by atoms with Crippen molar-refractivity contribution in [1.82, 2.24) is 0 Å². The van der Waals surface area contributed by atoms with E-state index in [0.29, 0.717) is 0 Å². The molecule has 0 saturated heterocycles. The van der Waals surface area contributed by atoms with Crippen LogP contribution in [0.4, 0.5) is 0 Å². The summed E-state index contributed by atoms with van der Waals surface area (Å²) >= 11 is 0. The Labute approximate surface area is 94.2 Å². The molecule has 0 heterocycles. The molecule has 84 valence electrons. The largest absolute Gasteiger partial charge is 0.550 e. The summed E-state index contributed by atoms with van der Waals surface area (Å²) in [6.07, 6.45) is 2.21. The van der Waals surface area contributed by atoms with E-state index in [1.807, 2.05) is 47.6 Å². The third-order valence-corrected chi connectivity index (χ3v) is 1.61. The molecule has 0 N–H and O–H groups in total. The Balaban J connectivity index is 4.40. The van der Waals surface area contributed by atoms with Crippen molar-refractivity contribution >= 4 is 7.12 Å². The molecule has 0 amide bonds. The first-order valence-electron chi connectivity index (χ1n) is 5.41. The summed E-state index contributed by atoms with van der Waals surface area (Å²) in [6.45, 7) is 11.8. The first-order chi connectivity index (χ1) is 6.95. The SMILES string of the molecule is C/C=C(\C)C#CB(OC(C)C)OC(C)C. The van der Waals surface area contributed by atoms with Crippen LogP contribution in [0.15, 0.2) is 11.6 Å². The second-order valence-corrected chi connectivity index (χ2v) is 3.94. The molecule has 0 fully saturated rings. The fraction of sp³-hybridized carbons (Fsp3) is 0.667. The van der Waals surface area contributed by atoms with E-state index < -0.39 is 7.12 Å². The lowest BCUT2D eigenvalue weighted by atomic mass is 9.90. The van der Waals surface area contributed by atoms with Crippen molar-refractivity contribution in [2.24, 2.45) is 0 Å². The van der Waals surface area contributed by atoms with E-state index in [0.717, 1.165) is 5.57 Å². The minimum Gasteiger partial charge on any atom is -0.398 e. The van der Waals surface area contributed by atoms with Crippen LogP contribution < -0.4 is 0 Å². The highest BCUT2D eigenvalue weighted by atomic mass is 16.6. The molecular weight excluding hydrogens is 187 g/mol. The van der Waals surface area contributed by atoms with Gasteiger partial charge < -0.3 is 9.31 Å². The average molecular weight is 208 g/mol. The predicted molar refractivity (Wildman–Crippen MR) is 65.4 cm³/mol. The van der Waals surface area contributed by atoms with Crippen LogP contribution in [0.5, 0.6) is 0 Å². The van der Waals surface area contributed by atoms with E-state index >= 15 is 0 Å².